The van der Waals surface area contributed by atoms with E-state index >= 15 is 0 Å². The molecule has 3 amide bonds. The number of oxime groups is 1. The first-order valence-electron chi connectivity index (χ1n) is 11.2. The minimum atomic E-state index is -1.49. The zero-order valence-corrected chi connectivity index (χ0v) is 20.8. The topological polar surface area (TPSA) is 197 Å². The fourth-order valence-electron chi connectivity index (χ4n) is 3.85. The van der Waals surface area contributed by atoms with Crippen molar-refractivity contribution < 1.29 is 33.7 Å². The van der Waals surface area contributed by atoms with E-state index in [1.54, 1.807) is 22.3 Å². The summed E-state index contributed by atoms with van der Waals surface area (Å²) in [4.78, 5) is 59.9. The second kappa shape index (κ2) is 9.82. The molecule has 0 unspecified atom stereocenters. The van der Waals surface area contributed by atoms with Gasteiger partial charge >= 0.3 is 0 Å². The van der Waals surface area contributed by atoms with Gasteiger partial charge in [0.1, 0.15) is 23.2 Å². The number of anilines is 1. The first-order chi connectivity index (χ1) is 17.7. The first kappa shape index (κ1) is 24.7. The number of amides is 3. The van der Waals surface area contributed by atoms with Crippen molar-refractivity contribution in [2.75, 3.05) is 11.5 Å². The van der Waals surface area contributed by atoms with E-state index in [0.717, 1.165) is 29.1 Å². The van der Waals surface area contributed by atoms with Crippen molar-refractivity contribution in [3.63, 3.8) is 0 Å². The molecule has 1 saturated carbocycles. The number of carbonyl (C=O) groups excluding carboxylic acids is 4. The van der Waals surface area contributed by atoms with Gasteiger partial charge in [-0.25, -0.2) is 9.55 Å². The Morgan fingerprint density at radius 3 is 2.62 bits per heavy atom. The zero-order valence-electron chi connectivity index (χ0n) is 19.2. The number of β-lactam (4-membered cyclic amide) rings is 1. The summed E-state index contributed by atoms with van der Waals surface area (Å²) in [6.45, 7) is 0.156. The van der Waals surface area contributed by atoms with Crippen LogP contribution in [0.15, 0.2) is 46.3 Å². The van der Waals surface area contributed by atoms with Crippen molar-refractivity contribution in [2.45, 2.75) is 36.9 Å². The molecule has 1 aliphatic carbocycles. The Morgan fingerprint density at radius 1 is 1.30 bits per heavy atom. The summed E-state index contributed by atoms with van der Waals surface area (Å²) in [6, 6.07) is 2.06. The predicted octanol–water partition coefficient (Wildman–Crippen LogP) is -1.90. The molecule has 2 aromatic rings. The predicted molar refractivity (Wildman–Crippen MR) is 129 cm³/mol. The van der Waals surface area contributed by atoms with Crippen LogP contribution in [0.3, 0.4) is 0 Å². The van der Waals surface area contributed by atoms with E-state index in [-0.39, 0.29) is 40.6 Å². The van der Waals surface area contributed by atoms with Crippen LogP contribution in [-0.4, -0.2) is 62.6 Å². The lowest BCUT2D eigenvalue weighted by atomic mass is 10.0. The third-order valence-electron chi connectivity index (χ3n) is 5.87. The number of carboxylic acids is 1. The number of fused-ring (bicyclic) bond motifs is 1. The van der Waals surface area contributed by atoms with Crippen LogP contribution in [0, 0.1) is 0 Å². The highest BCUT2D eigenvalue weighted by Gasteiger charge is 2.53. The lowest BCUT2D eigenvalue weighted by molar-refractivity contribution is -0.689. The van der Waals surface area contributed by atoms with Crippen LogP contribution in [0.2, 0.25) is 0 Å². The standard InChI is InChI=1S/C22H21N7O6S2/c23-17(30)10-3-5-28(6-4-10)7-11-8-36-20-15(19(32)29(20)16(11)21(33)34)26-18(31)14(27-35-12-1-2-12)13-9-37-22(24)25-13/h3-6,9,12,15,20H,1-2,7-8H2,(H5-,23,24,25,26,30,31,33,34)/t15-,20-/m1/s1. The second-order valence-corrected chi connectivity index (χ2v) is 10.5. The molecule has 0 bridgehead atoms. The number of aromatic nitrogens is 2. The zero-order chi connectivity index (χ0) is 26.3. The maximum Gasteiger partial charge on any atom is 0.276 e. The number of thioether (sulfide) groups is 1. The number of nitrogens with two attached hydrogens (primary N) is 2. The Morgan fingerprint density at radius 2 is 2.03 bits per heavy atom. The number of nitrogen functional groups attached to an aromatic ring is 1. The molecular weight excluding hydrogens is 522 g/mol. The molecule has 0 spiro atoms. The molecule has 4 heterocycles. The van der Waals surface area contributed by atoms with Crippen molar-refractivity contribution in [2.24, 2.45) is 10.9 Å². The molecule has 3 aliphatic rings. The van der Waals surface area contributed by atoms with Gasteiger partial charge < -0.3 is 31.5 Å². The Kier molecular flexibility index (Phi) is 6.55. The van der Waals surface area contributed by atoms with Crippen molar-refractivity contribution in [3.05, 3.63) is 52.4 Å². The largest absolute Gasteiger partial charge is 0.543 e. The molecule has 5 rings (SSSR count). The number of hydrogen-bond acceptors (Lipinski definition) is 11. The number of aliphatic carboxylic acids is 1. The fourth-order valence-corrected chi connectivity index (χ4v) is 5.73. The van der Waals surface area contributed by atoms with E-state index in [1.165, 1.54) is 23.9 Å². The molecule has 13 nitrogen and oxygen atoms in total. The number of primary amides is 1. The number of rotatable bonds is 9. The molecule has 0 aromatic carbocycles. The summed E-state index contributed by atoms with van der Waals surface area (Å²) in [6.07, 6.45) is 4.79. The lowest BCUT2D eigenvalue weighted by Crippen LogP contribution is -2.71. The molecule has 192 valence electrons. The summed E-state index contributed by atoms with van der Waals surface area (Å²) in [5.74, 6) is -3.06. The summed E-state index contributed by atoms with van der Waals surface area (Å²) in [5, 5.41) is 19.8. The van der Waals surface area contributed by atoms with Crippen molar-refractivity contribution in [3.8, 4) is 0 Å². The molecule has 37 heavy (non-hydrogen) atoms. The van der Waals surface area contributed by atoms with E-state index in [4.69, 9.17) is 16.3 Å². The average Bonchev–Trinajstić information content (AvgIpc) is 3.60. The monoisotopic (exact) mass is 543 g/mol. The smallest absolute Gasteiger partial charge is 0.276 e. The summed E-state index contributed by atoms with van der Waals surface area (Å²) < 4.78 is 1.66. The molecule has 1 saturated heterocycles. The maximum atomic E-state index is 13.1. The third kappa shape index (κ3) is 4.99. The van der Waals surface area contributed by atoms with Crippen LogP contribution in [-0.2, 0) is 25.8 Å². The number of nitrogens with zero attached hydrogens (tertiary/aromatic N) is 4. The van der Waals surface area contributed by atoms with E-state index in [1.807, 2.05) is 0 Å². The van der Waals surface area contributed by atoms with E-state index < -0.39 is 35.1 Å². The SMILES string of the molecule is NC(=O)c1cc[n+](CC2=C(C(=O)[O-])N3C(=O)[C@@H](NC(=O)C(=NOC4CC4)c4csc(N)n4)[C@H]3SC2)cc1. The Hall–Kier alpha value is -3.98. The van der Waals surface area contributed by atoms with E-state index in [2.05, 4.69) is 15.5 Å². The van der Waals surface area contributed by atoms with Gasteiger partial charge in [0.2, 0.25) is 5.91 Å². The molecule has 5 N–H and O–H groups in total. The van der Waals surface area contributed by atoms with Crippen molar-refractivity contribution >= 4 is 57.6 Å². The highest BCUT2D eigenvalue weighted by Crippen LogP contribution is 2.40. The molecule has 0 radical (unpaired) electrons. The number of pyridine rings is 1. The molecule has 2 aromatic heterocycles. The minimum Gasteiger partial charge on any atom is -0.543 e. The van der Waals surface area contributed by atoms with Gasteiger partial charge in [-0.2, -0.15) is 0 Å². The maximum absolute atomic E-state index is 13.1. The number of thiazole rings is 1. The van der Waals surface area contributed by atoms with E-state index in [0.29, 0.717) is 11.1 Å². The molecule has 2 fully saturated rings. The number of hydrogen-bond donors (Lipinski definition) is 3. The second-order valence-electron chi connectivity index (χ2n) is 8.54. The first-order valence-corrected chi connectivity index (χ1v) is 13.1. The Balaban J connectivity index is 1.32. The van der Waals surface area contributed by atoms with Crippen LogP contribution in [0.1, 0.15) is 28.9 Å². The van der Waals surface area contributed by atoms with Gasteiger partial charge in [0.25, 0.3) is 11.8 Å². The number of carboxylic acid groups (broad SMARTS) is 1. The molecule has 2 aliphatic heterocycles. The quantitative estimate of drug-likeness (QED) is 0.140. The number of nitrogens with one attached hydrogen (secondary N) is 1. The van der Waals surface area contributed by atoms with Crippen LogP contribution in [0.4, 0.5) is 5.13 Å². The van der Waals surface area contributed by atoms with Crippen LogP contribution in [0.5, 0.6) is 0 Å². The van der Waals surface area contributed by atoms with E-state index in [9.17, 15) is 24.3 Å². The molecular formula is C22H21N7O6S2. The normalized spacial score (nSPS) is 21.2. The Labute approximate surface area is 218 Å². The summed E-state index contributed by atoms with van der Waals surface area (Å²) >= 11 is 2.44. The minimum absolute atomic E-state index is 0.0624. The van der Waals surface area contributed by atoms with Gasteiger partial charge in [0.15, 0.2) is 29.8 Å². The summed E-state index contributed by atoms with van der Waals surface area (Å²) in [5.41, 5.74) is 11.6. The van der Waals surface area contributed by atoms with Gasteiger partial charge in [-0.3, -0.25) is 19.3 Å². The Bertz CT molecular complexity index is 1350. The molecule has 15 heteroatoms. The van der Waals surface area contributed by atoms with Crippen LogP contribution in [0.25, 0.3) is 0 Å². The average molecular weight is 544 g/mol. The van der Waals surface area contributed by atoms with Crippen molar-refractivity contribution in [1.29, 1.82) is 0 Å². The van der Waals surface area contributed by atoms with Gasteiger partial charge in [0, 0.05) is 28.8 Å². The van der Waals surface area contributed by atoms with Gasteiger partial charge in [-0.1, -0.05) is 5.16 Å². The highest BCUT2D eigenvalue weighted by atomic mass is 32.2. The van der Waals surface area contributed by atoms with Crippen LogP contribution < -0.4 is 26.5 Å². The van der Waals surface area contributed by atoms with Crippen LogP contribution >= 0.6 is 23.1 Å². The van der Waals surface area contributed by atoms with Crippen molar-refractivity contribution in [1.82, 2.24) is 15.2 Å². The molecule has 2 atom stereocenters. The third-order valence-corrected chi connectivity index (χ3v) is 7.89. The number of carbonyl (C=O) groups is 4. The lowest BCUT2D eigenvalue weighted by Gasteiger charge is -2.50. The highest BCUT2D eigenvalue weighted by molar-refractivity contribution is 8.00. The summed E-state index contributed by atoms with van der Waals surface area (Å²) in [7, 11) is 0. The fraction of sp³-hybridized carbons (Fsp3) is 0.318. The van der Waals surface area contributed by atoms with Gasteiger partial charge in [-0.15, -0.1) is 23.1 Å². The van der Waals surface area contributed by atoms with Gasteiger partial charge in [-0.05, 0) is 12.8 Å². The van der Waals surface area contributed by atoms with Gasteiger partial charge in [0.05, 0.1) is 17.2 Å².